The first kappa shape index (κ1) is 21.5. The molecule has 2 aromatic carbocycles. The SMILES string of the molecule is CSCCC(C(=O)NC(Cc1ccccc1)C(=O)O)n1nnc2ccccc2c1=O. The highest BCUT2D eigenvalue weighted by atomic mass is 32.2. The average Bonchev–Trinajstić information content (AvgIpc) is 2.75. The lowest BCUT2D eigenvalue weighted by Gasteiger charge is -2.21. The molecule has 3 aromatic rings. The molecular weight excluding hydrogens is 404 g/mol. The Balaban J connectivity index is 1.89. The van der Waals surface area contributed by atoms with Gasteiger partial charge in [-0.15, -0.1) is 5.10 Å². The molecule has 156 valence electrons. The third-order valence-electron chi connectivity index (χ3n) is 4.68. The van der Waals surface area contributed by atoms with Crippen molar-refractivity contribution in [3.63, 3.8) is 0 Å². The van der Waals surface area contributed by atoms with Crippen LogP contribution in [0, 0.1) is 0 Å². The molecule has 8 nitrogen and oxygen atoms in total. The van der Waals surface area contributed by atoms with Crippen LogP contribution in [-0.4, -0.2) is 50.0 Å². The van der Waals surface area contributed by atoms with Gasteiger partial charge in [0.15, 0.2) is 0 Å². The van der Waals surface area contributed by atoms with Gasteiger partial charge in [-0.05, 0) is 36.1 Å². The third kappa shape index (κ3) is 5.04. The number of rotatable bonds is 9. The van der Waals surface area contributed by atoms with Crippen molar-refractivity contribution >= 4 is 34.5 Å². The Hall–Kier alpha value is -3.20. The molecule has 0 fully saturated rings. The number of amides is 1. The van der Waals surface area contributed by atoms with Crippen LogP contribution in [0.25, 0.3) is 10.9 Å². The smallest absolute Gasteiger partial charge is 0.326 e. The molecule has 2 atom stereocenters. The van der Waals surface area contributed by atoms with Crippen molar-refractivity contribution in [3.8, 4) is 0 Å². The van der Waals surface area contributed by atoms with Crippen molar-refractivity contribution in [1.29, 1.82) is 0 Å². The number of hydrogen-bond donors (Lipinski definition) is 2. The van der Waals surface area contributed by atoms with E-state index in [1.165, 1.54) is 11.8 Å². The van der Waals surface area contributed by atoms with Crippen molar-refractivity contribution in [2.24, 2.45) is 0 Å². The summed E-state index contributed by atoms with van der Waals surface area (Å²) in [6.07, 6.45) is 2.34. The molecule has 0 aliphatic carbocycles. The van der Waals surface area contributed by atoms with Crippen LogP contribution in [0.4, 0.5) is 0 Å². The Morgan fingerprint density at radius 2 is 1.83 bits per heavy atom. The summed E-state index contributed by atoms with van der Waals surface area (Å²) in [5.74, 6) is -1.12. The molecular formula is C21H22N4O4S. The highest BCUT2D eigenvalue weighted by Gasteiger charge is 2.28. The number of hydrogen-bond acceptors (Lipinski definition) is 6. The van der Waals surface area contributed by atoms with Gasteiger partial charge in [-0.3, -0.25) is 9.59 Å². The molecule has 0 radical (unpaired) electrons. The van der Waals surface area contributed by atoms with E-state index < -0.39 is 29.5 Å². The number of aliphatic carboxylic acids is 1. The predicted octanol–water partition coefficient (Wildman–Crippen LogP) is 1.90. The summed E-state index contributed by atoms with van der Waals surface area (Å²) in [6.45, 7) is 0. The zero-order valence-corrected chi connectivity index (χ0v) is 17.2. The number of carboxylic acids is 1. The lowest BCUT2D eigenvalue weighted by molar-refractivity contribution is -0.142. The van der Waals surface area contributed by atoms with Gasteiger partial charge in [0, 0.05) is 6.42 Å². The maximum atomic E-state index is 13.0. The second-order valence-electron chi connectivity index (χ2n) is 6.74. The number of carbonyl (C=O) groups is 2. The van der Waals surface area contributed by atoms with Crippen molar-refractivity contribution in [2.75, 3.05) is 12.0 Å². The maximum Gasteiger partial charge on any atom is 0.326 e. The Labute approximate surface area is 177 Å². The van der Waals surface area contributed by atoms with Crippen LogP contribution < -0.4 is 10.9 Å². The number of carbonyl (C=O) groups excluding carboxylic acids is 1. The summed E-state index contributed by atoms with van der Waals surface area (Å²) < 4.78 is 1.05. The fourth-order valence-corrected chi connectivity index (χ4v) is 3.58. The van der Waals surface area contributed by atoms with Crippen LogP contribution in [0.15, 0.2) is 59.4 Å². The fraction of sp³-hybridized carbons (Fsp3) is 0.286. The molecule has 0 bridgehead atoms. The number of carboxylic acid groups (broad SMARTS) is 1. The summed E-state index contributed by atoms with van der Waals surface area (Å²) in [4.78, 5) is 37.7. The van der Waals surface area contributed by atoms with Crippen molar-refractivity contribution in [3.05, 3.63) is 70.5 Å². The quantitative estimate of drug-likeness (QED) is 0.537. The largest absolute Gasteiger partial charge is 0.480 e. The van der Waals surface area contributed by atoms with Crippen molar-refractivity contribution < 1.29 is 14.7 Å². The van der Waals surface area contributed by atoms with Gasteiger partial charge in [-0.1, -0.05) is 47.7 Å². The lowest BCUT2D eigenvalue weighted by Crippen LogP contribution is -2.47. The Morgan fingerprint density at radius 1 is 1.13 bits per heavy atom. The van der Waals surface area contributed by atoms with E-state index in [-0.39, 0.29) is 6.42 Å². The van der Waals surface area contributed by atoms with Crippen molar-refractivity contribution in [2.45, 2.75) is 24.9 Å². The van der Waals surface area contributed by atoms with Crippen LogP contribution >= 0.6 is 11.8 Å². The summed E-state index contributed by atoms with van der Waals surface area (Å²) in [5.41, 5.74) is 0.792. The highest BCUT2D eigenvalue weighted by Crippen LogP contribution is 2.15. The second kappa shape index (κ2) is 10.0. The number of nitrogens with zero attached hydrogens (tertiary/aromatic N) is 3. The Bertz CT molecular complexity index is 1090. The van der Waals surface area contributed by atoms with Crippen LogP contribution in [-0.2, 0) is 16.0 Å². The number of thioether (sulfide) groups is 1. The summed E-state index contributed by atoms with van der Waals surface area (Å²) >= 11 is 1.52. The first-order chi connectivity index (χ1) is 14.5. The molecule has 1 heterocycles. The topological polar surface area (TPSA) is 114 Å². The molecule has 0 saturated heterocycles. The van der Waals surface area contributed by atoms with Crippen LogP contribution in [0.5, 0.6) is 0 Å². The summed E-state index contributed by atoms with van der Waals surface area (Å²) in [5, 5.41) is 20.5. The molecule has 0 spiro atoms. The molecule has 1 amide bonds. The Kier molecular flexibility index (Phi) is 7.18. The van der Waals surface area contributed by atoms with Crippen LogP contribution in [0.1, 0.15) is 18.0 Å². The second-order valence-corrected chi connectivity index (χ2v) is 7.73. The molecule has 2 unspecified atom stereocenters. The Morgan fingerprint density at radius 3 is 2.53 bits per heavy atom. The minimum Gasteiger partial charge on any atom is -0.480 e. The van der Waals surface area contributed by atoms with Crippen LogP contribution in [0.3, 0.4) is 0 Å². The first-order valence-electron chi connectivity index (χ1n) is 9.41. The number of aromatic nitrogens is 3. The van der Waals surface area contributed by atoms with E-state index in [4.69, 9.17) is 0 Å². The van der Waals surface area contributed by atoms with Gasteiger partial charge >= 0.3 is 5.97 Å². The van der Waals surface area contributed by atoms with E-state index >= 15 is 0 Å². The molecule has 2 N–H and O–H groups in total. The van der Waals surface area contributed by atoms with Crippen molar-refractivity contribution in [1.82, 2.24) is 20.3 Å². The van der Waals surface area contributed by atoms with Gasteiger partial charge in [0.1, 0.15) is 17.6 Å². The van der Waals surface area contributed by atoms with E-state index in [1.807, 2.05) is 24.5 Å². The molecule has 30 heavy (non-hydrogen) atoms. The fourth-order valence-electron chi connectivity index (χ4n) is 3.12. The van der Waals surface area contributed by atoms with Gasteiger partial charge in [-0.2, -0.15) is 16.4 Å². The van der Waals surface area contributed by atoms with Gasteiger partial charge in [0.2, 0.25) is 5.91 Å². The zero-order valence-electron chi connectivity index (χ0n) is 16.4. The van der Waals surface area contributed by atoms with Gasteiger partial charge in [0.05, 0.1) is 5.39 Å². The van der Waals surface area contributed by atoms with Gasteiger partial charge < -0.3 is 10.4 Å². The summed E-state index contributed by atoms with van der Waals surface area (Å²) in [7, 11) is 0. The predicted molar refractivity (Wildman–Crippen MR) is 116 cm³/mol. The third-order valence-corrected chi connectivity index (χ3v) is 5.33. The lowest BCUT2D eigenvalue weighted by atomic mass is 10.1. The molecule has 0 aliphatic rings. The first-order valence-corrected chi connectivity index (χ1v) is 10.8. The minimum atomic E-state index is -1.15. The van der Waals surface area contributed by atoms with E-state index in [0.29, 0.717) is 23.1 Å². The van der Waals surface area contributed by atoms with Gasteiger partial charge in [0.25, 0.3) is 5.56 Å². The number of nitrogens with one attached hydrogen (secondary N) is 1. The number of benzene rings is 2. The standard InChI is InChI=1S/C21H22N4O4S/c1-30-12-11-18(25-20(27)15-9-5-6-10-16(15)23-24-25)19(26)22-17(21(28)29)13-14-7-3-2-4-8-14/h2-10,17-18H,11-13H2,1H3,(H,22,26)(H,28,29). The van der Waals surface area contributed by atoms with E-state index in [9.17, 15) is 19.5 Å². The monoisotopic (exact) mass is 426 g/mol. The van der Waals surface area contributed by atoms with E-state index in [2.05, 4.69) is 15.6 Å². The average molecular weight is 426 g/mol. The number of fused-ring (bicyclic) bond motifs is 1. The van der Waals surface area contributed by atoms with Gasteiger partial charge in [-0.25, -0.2) is 4.79 Å². The van der Waals surface area contributed by atoms with Crippen LogP contribution in [0.2, 0.25) is 0 Å². The normalized spacial score (nSPS) is 13.0. The summed E-state index contributed by atoms with van der Waals surface area (Å²) in [6, 6.07) is 13.7. The maximum absolute atomic E-state index is 13.0. The van der Waals surface area contributed by atoms with E-state index in [1.54, 1.807) is 36.4 Å². The van der Waals surface area contributed by atoms with E-state index in [0.717, 1.165) is 10.2 Å². The molecule has 3 rings (SSSR count). The highest BCUT2D eigenvalue weighted by molar-refractivity contribution is 7.98. The zero-order chi connectivity index (χ0) is 21.5. The minimum absolute atomic E-state index is 0.134. The molecule has 1 aromatic heterocycles. The molecule has 0 aliphatic heterocycles. The molecule has 0 saturated carbocycles. The molecule has 9 heteroatoms.